The van der Waals surface area contributed by atoms with Crippen LogP contribution in [0, 0.1) is 0 Å². The first kappa shape index (κ1) is 31.2. The maximum Gasteiger partial charge on any atom is 2.00 e. The summed E-state index contributed by atoms with van der Waals surface area (Å²) in [5, 5.41) is 43.0. The molecule has 12 nitrogen and oxygen atoms in total. The van der Waals surface area contributed by atoms with E-state index in [1.165, 1.54) is 24.3 Å². The van der Waals surface area contributed by atoms with Crippen LogP contribution in [0.1, 0.15) is 0 Å². The van der Waals surface area contributed by atoms with Crippen molar-refractivity contribution in [2.45, 2.75) is 9.79 Å². The van der Waals surface area contributed by atoms with Gasteiger partial charge in [-0.3, -0.25) is 9.54 Å². The third-order valence-electron chi connectivity index (χ3n) is 3.62. The van der Waals surface area contributed by atoms with E-state index in [1.54, 1.807) is 0 Å². The van der Waals surface area contributed by atoms with Crippen LogP contribution < -0.4 is 74.4 Å². The van der Waals surface area contributed by atoms with Crippen LogP contribution in [0.4, 0.5) is 11.4 Å². The van der Waals surface area contributed by atoms with Gasteiger partial charge >= 0.3 is 76.2 Å². The average Bonchev–Trinajstić information content (AvgIpc) is 2.60. The molecule has 0 fully saturated rings. The van der Waals surface area contributed by atoms with E-state index in [2.05, 4.69) is 15.2 Å². The van der Waals surface area contributed by atoms with Crippen LogP contribution >= 0.6 is 0 Å². The van der Waals surface area contributed by atoms with Gasteiger partial charge in [-0.25, -0.2) is 8.42 Å². The molecule has 3 rings (SSSR count). The third-order valence-corrected chi connectivity index (χ3v) is 5.29. The van der Waals surface area contributed by atoms with Gasteiger partial charge in [-0.15, -0.1) is 0 Å². The second-order valence-corrected chi connectivity index (χ2v) is 8.28. The van der Waals surface area contributed by atoms with Gasteiger partial charge in [0, 0.05) is 5.88 Å². The largest absolute Gasteiger partial charge is 2.00 e. The van der Waals surface area contributed by atoms with Crippen LogP contribution in [0.2, 0.25) is 0 Å². The third kappa shape index (κ3) is 6.62. The molecule has 17 heteroatoms. The Morgan fingerprint density at radius 1 is 0.906 bits per heavy atom. The minimum Gasteiger partial charge on any atom is -0.870 e. The van der Waals surface area contributed by atoms with Gasteiger partial charge < -0.3 is 19.9 Å². The number of nitrogens with zero attached hydrogens (tertiary/aromatic N) is 3. The molecule has 0 aliphatic carbocycles. The maximum absolute atomic E-state index is 12.4. The van der Waals surface area contributed by atoms with E-state index in [9.17, 15) is 36.7 Å². The molecule has 0 amide bonds. The van der Waals surface area contributed by atoms with Crippen molar-refractivity contribution >= 4 is 42.5 Å². The van der Waals surface area contributed by atoms with Gasteiger partial charge in [0.25, 0.3) is 10.1 Å². The Morgan fingerprint density at radius 2 is 1.50 bits per heavy atom. The van der Waals surface area contributed by atoms with E-state index in [-0.39, 0.29) is 93.2 Å². The number of para-hydroxylation sites is 1. The minimum atomic E-state index is -5.25. The number of pyridine rings is 1. The first-order valence-electron chi connectivity index (χ1n) is 7.36. The standard InChI is InChI=1S/C15H11N3O9S2.Cu.2Na/c19-13-8-3-1-2-4-9(8)16-15(21)12(13)18-17-10-5-7(28(22,23)24)6-11(14(10)20)29(25,26)27;;;/h1-6,20H,(H2,16,19,21)(H,22,23,24)(H,25,26,27);;;/q;+2;2*+1/p-4. The average molecular weight is 547 g/mol. The molecule has 0 aliphatic heterocycles. The summed E-state index contributed by atoms with van der Waals surface area (Å²) in [6.45, 7) is 0. The fourth-order valence-electron chi connectivity index (χ4n) is 2.32. The number of rotatable bonds is 4. The Labute approximate surface area is 236 Å². The van der Waals surface area contributed by atoms with E-state index >= 15 is 0 Å². The van der Waals surface area contributed by atoms with Crippen LogP contribution in [-0.4, -0.2) is 30.9 Å². The summed E-state index contributed by atoms with van der Waals surface area (Å²) >= 11 is 0. The molecule has 1 aromatic heterocycles. The number of hydrogen-bond donors (Lipinski definition) is 1. The predicted octanol–water partition coefficient (Wildman–Crippen LogP) is -5.97. The number of fused-ring (bicyclic) bond motifs is 1. The molecule has 2 aromatic carbocycles. The second-order valence-electron chi connectivity index (χ2n) is 5.51. The molecule has 3 aromatic rings. The Balaban J connectivity index is 0.00000320. The minimum absolute atomic E-state index is 0. The molecule has 161 valence electrons. The molecule has 0 unspecified atom stereocenters. The summed E-state index contributed by atoms with van der Waals surface area (Å²) in [6.07, 6.45) is 0. The monoisotopic (exact) mass is 546 g/mol. The summed E-state index contributed by atoms with van der Waals surface area (Å²) < 4.78 is 65.2. The summed E-state index contributed by atoms with van der Waals surface area (Å²) in [4.78, 5) is 0.981. The van der Waals surface area contributed by atoms with Crippen molar-refractivity contribution in [3.05, 3.63) is 36.4 Å². The molecule has 0 saturated carbocycles. The first-order valence-corrected chi connectivity index (χ1v) is 10.2. The number of benzene rings is 2. The zero-order chi connectivity index (χ0) is 21.6. The van der Waals surface area contributed by atoms with Gasteiger partial charge in [0.2, 0.25) is 0 Å². The van der Waals surface area contributed by atoms with Gasteiger partial charge in [-0.1, -0.05) is 29.7 Å². The number of hydrogen-bond acceptors (Lipinski definition) is 11. The van der Waals surface area contributed by atoms with Crippen molar-refractivity contribution in [3.8, 4) is 17.4 Å². The van der Waals surface area contributed by atoms with E-state index in [0.717, 1.165) is 0 Å². The van der Waals surface area contributed by atoms with Crippen molar-refractivity contribution in [1.82, 2.24) is 4.98 Å². The maximum atomic E-state index is 12.4. The van der Waals surface area contributed by atoms with E-state index in [0.29, 0.717) is 6.07 Å². The van der Waals surface area contributed by atoms with E-state index in [4.69, 9.17) is 4.55 Å². The molecule has 0 atom stereocenters. The summed E-state index contributed by atoms with van der Waals surface area (Å²) in [7, 11) is -10.5. The van der Waals surface area contributed by atoms with Crippen molar-refractivity contribution in [1.29, 1.82) is 0 Å². The molecular formula is C15H7CuN3Na2O9S2. The Bertz CT molecular complexity index is 1400. The van der Waals surface area contributed by atoms with Crippen molar-refractivity contribution < 1.29 is 117 Å². The molecule has 1 N–H and O–H groups in total. The summed E-state index contributed by atoms with van der Waals surface area (Å²) in [5.74, 6) is -3.50. The SMILES string of the molecule is O=S(=O)([O-])c1cc(N=Nc2c([O-])nc3ccccc3c2[O-])c([O-])c(S(=O)(=O)O)c1.[Cu+2].[Na+].[Na+]. The quantitative estimate of drug-likeness (QED) is 0.185. The summed E-state index contributed by atoms with van der Waals surface area (Å²) in [5.41, 5.74) is -1.76. The Kier molecular flexibility index (Phi) is 11.3. The fourth-order valence-corrected chi connectivity index (χ4v) is 3.52. The van der Waals surface area contributed by atoms with Crippen LogP contribution in [0.25, 0.3) is 10.9 Å². The number of aromatic nitrogens is 1. The van der Waals surface area contributed by atoms with E-state index in [1.807, 2.05) is 0 Å². The van der Waals surface area contributed by atoms with Gasteiger partial charge in [0.15, 0.2) is 0 Å². The molecular weight excluding hydrogens is 540 g/mol. The summed E-state index contributed by atoms with van der Waals surface area (Å²) in [6, 6.07) is 6.33. The van der Waals surface area contributed by atoms with Gasteiger partial charge in [0.1, 0.15) is 10.1 Å². The Morgan fingerprint density at radius 3 is 2.06 bits per heavy atom. The number of azo groups is 1. The van der Waals surface area contributed by atoms with Gasteiger partial charge in [0.05, 0.1) is 26.7 Å². The molecule has 32 heavy (non-hydrogen) atoms. The second kappa shape index (κ2) is 11.6. The van der Waals surface area contributed by atoms with Crippen molar-refractivity contribution in [2.75, 3.05) is 0 Å². The zero-order valence-electron chi connectivity index (χ0n) is 16.1. The molecule has 0 spiro atoms. The van der Waals surface area contributed by atoms with Gasteiger partial charge in [-0.05, 0) is 23.6 Å². The van der Waals surface area contributed by atoms with Crippen molar-refractivity contribution in [3.63, 3.8) is 0 Å². The van der Waals surface area contributed by atoms with Crippen LogP contribution in [0.3, 0.4) is 0 Å². The topological polar surface area (TPSA) is 218 Å². The molecule has 0 bridgehead atoms. The van der Waals surface area contributed by atoms with Crippen LogP contribution in [0.15, 0.2) is 56.4 Å². The van der Waals surface area contributed by atoms with Crippen LogP contribution in [0.5, 0.6) is 17.4 Å². The fraction of sp³-hybridized carbons (Fsp3) is 0. The molecule has 0 aliphatic rings. The smallest absolute Gasteiger partial charge is 0.870 e. The molecule has 0 saturated heterocycles. The normalized spacial score (nSPS) is 11.4. The van der Waals surface area contributed by atoms with Gasteiger partial charge in [-0.2, -0.15) is 18.6 Å². The first-order chi connectivity index (χ1) is 13.4. The predicted molar refractivity (Wildman–Crippen MR) is 88.5 cm³/mol. The van der Waals surface area contributed by atoms with Crippen LogP contribution in [-0.2, 0) is 37.3 Å². The zero-order valence-corrected chi connectivity index (χ0v) is 22.7. The Hall–Kier alpha value is -0.811. The van der Waals surface area contributed by atoms with E-state index < -0.39 is 58.8 Å². The molecule has 1 heterocycles. The molecule has 1 radical (unpaired) electrons. The van der Waals surface area contributed by atoms with Crippen molar-refractivity contribution in [2.24, 2.45) is 10.2 Å².